The lowest BCUT2D eigenvalue weighted by Gasteiger charge is -2.32. The maximum Gasteiger partial charge on any atom is 0.133 e. The fourth-order valence-electron chi connectivity index (χ4n) is 2.05. The van der Waals surface area contributed by atoms with Crippen LogP contribution in [-0.2, 0) is 0 Å². The third kappa shape index (κ3) is 6.70. The zero-order valence-electron chi connectivity index (χ0n) is 13.6. The Morgan fingerprint density at radius 2 is 1.50 bits per heavy atom. The Hall–Kier alpha value is -1.90. The van der Waals surface area contributed by atoms with E-state index in [4.69, 9.17) is 0 Å². The number of benzene rings is 1. The quantitative estimate of drug-likeness (QED) is 0.613. The summed E-state index contributed by atoms with van der Waals surface area (Å²) in [4.78, 5) is 3.85. The first-order chi connectivity index (χ1) is 9.99. The number of halogens is 1. The second-order valence-electron chi connectivity index (χ2n) is 5.69. The monoisotopic (exact) mass is 316 g/mol. The molecule has 0 amide bonds. The lowest BCUT2D eigenvalue weighted by atomic mass is 10.1. The molecule has 118 valence electrons. The van der Waals surface area contributed by atoms with Gasteiger partial charge in [-0.15, -0.1) is 0 Å². The second-order valence-corrected chi connectivity index (χ2v) is 5.69. The number of pyridine rings is 1. The van der Waals surface area contributed by atoms with E-state index in [1.54, 1.807) is 18.5 Å². The maximum absolute atomic E-state index is 3.89. The van der Waals surface area contributed by atoms with E-state index in [0.717, 1.165) is 10.0 Å². The number of likely N-dealkylation sites (N-methyl/N-ethyl adjacent to an activating group) is 1. The van der Waals surface area contributed by atoms with E-state index < -0.39 is 0 Å². The van der Waals surface area contributed by atoms with Gasteiger partial charge in [-0.1, -0.05) is 49.6 Å². The van der Waals surface area contributed by atoms with Gasteiger partial charge in [-0.3, -0.25) is 4.98 Å². The molecule has 1 unspecified atom stereocenters. The predicted molar refractivity (Wildman–Crippen MR) is 91.7 cm³/mol. The molecule has 0 saturated heterocycles. The van der Waals surface area contributed by atoms with E-state index in [2.05, 4.69) is 63.6 Å². The lowest BCUT2D eigenvalue weighted by Crippen LogP contribution is -3.00. The molecule has 1 aromatic carbocycles. The molecule has 1 heterocycles. The number of nitrogens with zero attached hydrogens (tertiary/aromatic N) is 2. The average molecular weight is 317 g/mol. The summed E-state index contributed by atoms with van der Waals surface area (Å²) in [6.07, 6.45) is 7.30. The minimum absolute atomic E-state index is 0. The van der Waals surface area contributed by atoms with Crippen LogP contribution in [0.1, 0.15) is 17.2 Å². The van der Waals surface area contributed by atoms with Gasteiger partial charge in [0.25, 0.3) is 0 Å². The summed E-state index contributed by atoms with van der Waals surface area (Å²) in [5, 5.41) is 0. The highest BCUT2D eigenvalue weighted by atomic mass is 35.5. The third-order valence-electron chi connectivity index (χ3n) is 3.14. The minimum Gasteiger partial charge on any atom is -1.00 e. The summed E-state index contributed by atoms with van der Waals surface area (Å²) >= 11 is 0. The first kappa shape index (κ1) is 20.1. The molecule has 3 heteroatoms. The highest BCUT2D eigenvalue weighted by molar-refractivity contribution is 5.44. The second kappa shape index (κ2) is 9.93. The molecular weight excluding hydrogens is 292 g/mol. The molecule has 0 N–H and O–H groups in total. The first-order valence-electron chi connectivity index (χ1n) is 7.00. The van der Waals surface area contributed by atoms with Crippen molar-refractivity contribution >= 4 is 6.08 Å². The van der Waals surface area contributed by atoms with Crippen molar-refractivity contribution in [1.82, 2.24) is 4.98 Å². The van der Waals surface area contributed by atoms with Crippen LogP contribution in [0.2, 0.25) is 0 Å². The van der Waals surface area contributed by atoms with Gasteiger partial charge in [-0.25, -0.2) is 0 Å². The molecule has 0 radical (unpaired) electrons. The topological polar surface area (TPSA) is 12.9 Å². The zero-order chi connectivity index (χ0) is 15.7. The zero-order valence-corrected chi connectivity index (χ0v) is 14.4. The summed E-state index contributed by atoms with van der Waals surface area (Å²) in [5.41, 5.74) is 2.44. The van der Waals surface area contributed by atoms with Gasteiger partial charge in [0.15, 0.2) is 0 Å². The van der Waals surface area contributed by atoms with Gasteiger partial charge < -0.3 is 16.9 Å². The molecule has 2 rings (SSSR count). The molecule has 2 nitrogen and oxygen atoms in total. The van der Waals surface area contributed by atoms with Crippen molar-refractivity contribution in [2.45, 2.75) is 6.04 Å². The van der Waals surface area contributed by atoms with Crippen molar-refractivity contribution < 1.29 is 16.9 Å². The highest BCUT2D eigenvalue weighted by Crippen LogP contribution is 2.23. The number of aromatic nitrogens is 1. The Kier molecular flexibility index (Phi) is 9.07. The number of hydrogen-bond acceptors (Lipinski definition) is 1. The van der Waals surface area contributed by atoms with Crippen LogP contribution >= 0.6 is 0 Å². The van der Waals surface area contributed by atoms with Gasteiger partial charge in [-0.2, -0.15) is 0 Å². The van der Waals surface area contributed by atoms with Gasteiger partial charge >= 0.3 is 0 Å². The molecule has 2 aromatic rings. The van der Waals surface area contributed by atoms with Crippen LogP contribution in [0.4, 0.5) is 0 Å². The molecule has 22 heavy (non-hydrogen) atoms. The van der Waals surface area contributed by atoms with Crippen molar-refractivity contribution in [1.29, 1.82) is 0 Å². The van der Waals surface area contributed by atoms with Gasteiger partial charge in [-0.05, 0) is 23.8 Å². The highest BCUT2D eigenvalue weighted by Gasteiger charge is 2.21. The van der Waals surface area contributed by atoms with E-state index in [9.17, 15) is 0 Å². The van der Waals surface area contributed by atoms with Crippen molar-refractivity contribution in [3.8, 4) is 0 Å². The predicted octanol–water partition coefficient (Wildman–Crippen LogP) is 1.35. The van der Waals surface area contributed by atoms with Crippen LogP contribution in [0.5, 0.6) is 0 Å². The number of hydrogen-bond donors (Lipinski definition) is 0. The summed E-state index contributed by atoms with van der Waals surface area (Å²) in [6, 6.07) is 14.7. The van der Waals surface area contributed by atoms with Crippen LogP contribution in [-0.4, -0.2) is 30.6 Å². The van der Waals surface area contributed by atoms with Crippen molar-refractivity contribution in [2.75, 3.05) is 21.1 Å². The standard InChI is InChI=1S/C12H18N.C7H7N.ClH/c1-5-12(13(2,3)4)11-9-7-6-8-10-11;1-2-7-3-5-8-6-4-7;/h5-10,12H,1H2,2-4H3;2-6H,1H2;1H/q+1;;/p-1. The Balaban J connectivity index is 0.000000423. The van der Waals surface area contributed by atoms with Crippen molar-refractivity contribution in [3.63, 3.8) is 0 Å². The lowest BCUT2D eigenvalue weighted by molar-refractivity contribution is -0.895. The van der Waals surface area contributed by atoms with E-state index in [1.165, 1.54) is 5.56 Å². The Bertz CT molecular complexity index is 545. The van der Waals surface area contributed by atoms with Crippen LogP contribution in [0, 0.1) is 0 Å². The van der Waals surface area contributed by atoms with Crippen LogP contribution < -0.4 is 12.4 Å². The van der Waals surface area contributed by atoms with E-state index in [0.29, 0.717) is 6.04 Å². The van der Waals surface area contributed by atoms with E-state index in [-0.39, 0.29) is 12.4 Å². The molecule has 1 aromatic heterocycles. The van der Waals surface area contributed by atoms with Gasteiger partial charge in [0, 0.05) is 18.0 Å². The van der Waals surface area contributed by atoms with E-state index in [1.807, 2.05) is 24.3 Å². The first-order valence-corrected chi connectivity index (χ1v) is 7.00. The average Bonchev–Trinajstić information content (AvgIpc) is 2.49. The normalized spacial score (nSPS) is 11.2. The molecule has 0 saturated carbocycles. The largest absolute Gasteiger partial charge is 1.00 e. The van der Waals surface area contributed by atoms with Crippen LogP contribution in [0.25, 0.3) is 6.08 Å². The Morgan fingerprint density at radius 1 is 0.955 bits per heavy atom. The van der Waals surface area contributed by atoms with Crippen molar-refractivity contribution in [3.05, 3.63) is 85.2 Å². The molecular formula is C19H25ClN2. The molecule has 0 bridgehead atoms. The molecule has 0 aliphatic rings. The number of quaternary nitrogens is 1. The fourth-order valence-corrected chi connectivity index (χ4v) is 2.05. The fraction of sp³-hybridized carbons (Fsp3) is 0.211. The van der Waals surface area contributed by atoms with E-state index >= 15 is 0 Å². The molecule has 0 spiro atoms. The molecule has 0 aliphatic carbocycles. The summed E-state index contributed by atoms with van der Waals surface area (Å²) in [5.74, 6) is 0. The molecule has 0 fully saturated rings. The molecule has 0 aliphatic heterocycles. The SMILES string of the molecule is C=CC(c1ccccc1)[N+](C)(C)C.C=Cc1ccncc1.[Cl-]. The number of rotatable bonds is 4. The van der Waals surface area contributed by atoms with Crippen molar-refractivity contribution in [2.24, 2.45) is 0 Å². The van der Waals surface area contributed by atoms with Crippen LogP contribution in [0.15, 0.2) is 74.1 Å². The van der Waals surface area contributed by atoms with Gasteiger partial charge in [0.05, 0.1) is 21.1 Å². The summed E-state index contributed by atoms with van der Waals surface area (Å²) < 4.78 is 0.882. The summed E-state index contributed by atoms with van der Waals surface area (Å²) in [6.45, 7) is 7.49. The van der Waals surface area contributed by atoms with Crippen LogP contribution in [0.3, 0.4) is 0 Å². The van der Waals surface area contributed by atoms with Gasteiger partial charge in [0.1, 0.15) is 6.04 Å². The third-order valence-corrected chi connectivity index (χ3v) is 3.14. The van der Waals surface area contributed by atoms with Gasteiger partial charge in [0.2, 0.25) is 0 Å². The Morgan fingerprint density at radius 3 is 1.86 bits per heavy atom. The maximum atomic E-state index is 3.89. The Labute approximate surface area is 140 Å². The minimum atomic E-state index is 0. The smallest absolute Gasteiger partial charge is 0.133 e. The molecule has 1 atom stereocenters. The summed E-state index contributed by atoms with van der Waals surface area (Å²) in [7, 11) is 6.54.